The van der Waals surface area contributed by atoms with Gasteiger partial charge in [-0.15, -0.1) is 0 Å². The third-order valence-electron chi connectivity index (χ3n) is 2.34. The molecular weight excluding hydrogens is 286 g/mol. The molecule has 0 spiro atoms. The maximum Gasteiger partial charge on any atom is 0.339 e. The van der Waals surface area contributed by atoms with E-state index in [4.69, 9.17) is 0 Å². The van der Waals surface area contributed by atoms with Gasteiger partial charge in [0.1, 0.15) is 0 Å². The highest BCUT2D eigenvalue weighted by Crippen LogP contribution is 2.20. The van der Waals surface area contributed by atoms with Crippen LogP contribution in [0, 0.1) is 0 Å². The molecule has 2 aromatic rings. The van der Waals surface area contributed by atoms with Crippen molar-refractivity contribution in [2.45, 2.75) is 19.8 Å². The van der Waals surface area contributed by atoms with E-state index in [1.807, 2.05) is 13.8 Å². The summed E-state index contributed by atoms with van der Waals surface area (Å²) in [5.41, 5.74) is 1.13. The molecular formula is C11H12BrN3O2. The van der Waals surface area contributed by atoms with Crippen LogP contribution in [0.2, 0.25) is 0 Å². The van der Waals surface area contributed by atoms with Crippen LogP contribution in [-0.2, 0) is 4.74 Å². The standard InChI is InChI=1S/C11H12BrN3O2/c1-6(2)9-13-10-8(12)4-7(11(16)17-3)5-15(10)14-9/h4-6H,1-3H3. The van der Waals surface area contributed by atoms with E-state index in [0.717, 1.165) is 10.3 Å². The molecule has 90 valence electrons. The Balaban J connectivity index is 2.61. The molecule has 0 fully saturated rings. The minimum atomic E-state index is -0.394. The topological polar surface area (TPSA) is 56.5 Å². The normalized spacial score (nSPS) is 11.1. The van der Waals surface area contributed by atoms with Crippen LogP contribution in [0.25, 0.3) is 5.65 Å². The van der Waals surface area contributed by atoms with Crippen LogP contribution in [0.1, 0.15) is 35.9 Å². The van der Waals surface area contributed by atoms with E-state index < -0.39 is 5.97 Å². The highest BCUT2D eigenvalue weighted by Gasteiger charge is 2.14. The number of methoxy groups -OCH3 is 1. The number of rotatable bonds is 2. The van der Waals surface area contributed by atoms with E-state index in [0.29, 0.717) is 11.2 Å². The van der Waals surface area contributed by atoms with Gasteiger partial charge in [-0.3, -0.25) is 0 Å². The first-order valence-electron chi connectivity index (χ1n) is 5.17. The van der Waals surface area contributed by atoms with Crippen LogP contribution in [0.15, 0.2) is 16.7 Å². The second-order valence-corrected chi connectivity index (χ2v) is 4.82. The molecule has 0 saturated heterocycles. The smallest absolute Gasteiger partial charge is 0.339 e. The van der Waals surface area contributed by atoms with Crippen molar-refractivity contribution in [2.75, 3.05) is 7.11 Å². The molecule has 0 aromatic carbocycles. The summed E-state index contributed by atoms with van der Waals surface area (Å²) in [6.45, 7) is 4.04. The summed E-state index contributed by atoms with van der Waals surface area (Å²) < 4.78 is 6.98. The Kier molecular flexibility index (Phi) is 3.15. The number of esters is 1. The Morgan fingerprint density at radius 2 is 2.24 bits per heavy atom. The zero-order valence-electron chi connectivity index (χ0n) is 9.77. The van der Waals surface area contributed by atoms with Gasteiger partial charge in [0, 0.05) is 12.1 Å². The third-order valence-corrected chi connectivity index (χ3v) is 2.93. The molecule has 17 heavy (non-hydrogen) atoms. The average molecular weight is 298 g/mol. The molecule has 2 rings (SSSR count). The lowest BCUT2D eigenvalue weighted by Gasteiger charge is -2.00. The first-order valence-corrected chi connectivity index (χ1v) is 5.96. The van der Waals surface area contributed by atoms with E-state index in [1.165, 1.54) is 7.11 Å². The lowest BCUT2D eigenvalue weighted by Crippen LogP contribution is -2.04. The molecule has 2 heterocycles. The van der Waals surface area contributed by atoms with Crippen LogP contribution >= 0.6 is 15.9 Å². The lowest BCUT2D eigenvalue weighted by molar-refractivity contribution is 0.0600. The number of fused-ring (bicyclic) bond motifs is 1. The maximum atomic E-state index is 11.4. The van der Waals surface area contributed by atoms with E-state index in [-0.39, 0.29) is 5.92 Å². The van der Waals surface area contributed by atoms with Gasteiger partial charge >= 0.3 is 5.97 Å². The van der Waals surface area contributed by atoms with Crippen molar-refractivity contribution < 1.29 is 9.53 Å². The van der Waals surface area contributed by atoms with E-state index >= 15 is 0 Å². The first kappa shape index (κ1) is 12.0. The van der Waals surface area contributed by atoms with Crippen LogP contribution in [0.5, 0.6) is 0 Å². The highest BCUT2D eigenvalue weighted by molar-refractivity contribution is 9.10. The molecule has 0 N–H and O–H groups in total. The van der Waals surface area contributed by atoms with Gasteiger partial charge in [0.15, 0.2) is 11.5 Å². The van der Waals surface area contributed by atoms with Crippen molar-refractivity contribution in [2.24, 2.45) is 0 Å². The second-order valence-electron chi connectivity index (χ2n) is 3.96. The van der Waals surface area contributed by atoms with Gasteiger partial charge in [-0.2, -0.15) is 5.10 Å². The summed E-state index contributed by atoms with van der Waals surface area (Å²) in [6.07, 6.45) is 1.62. The first-order chi connectivity index (χ1) is 8.02. The quantitative estimate of drug-likeness (QED) is 0.799. The van der Waals surface area contributed by atoms with E-state index in [1.54, 1.807) is 16.8 Å². The molecule has 0 radical (unpaired) electrons. The van der Waals surface area contributed by atoms with Gasteiger partial charge in [-0.1, -0.05) is 13.8 Å². The number of ether oxygens (including phenoxy) is 1. The van der Waals surface area contributed by atoms with Gasteiger partial charge in [-0.25, -0.2) is 14.3 Å². The molecule has 2 aromatic heterocycles. The van der Waals surface area contributed by atoms with Crippen LogP contribution < -0.4 is 0 Å². The number of halogens is 1. The summed E-state index contributed by atoms with van der Waals surface area (Å²) >= 11 is 3.38. The van der Waals surface area contributed by atoms with Crippen molar-refractivity contribution >= 4 is 27.5 Å². The predicted molar refractivity (Wildman–Crippen MR) is 66.1 cm³/mol. The molecule has 0 aliphatic heterocycles. The number of nitrogens with zero attached hydrogens (tertiary/aromatic N) is 3. The Hall–Kier alpha value is -1.43. The van der Waals surface area contributed by atoms with Gasteiger partial charge in [0.25, 0.3) is 0 Å². The zero-order chi connectivity index (χ0) is 12.6. The Bertz CT molecular complexity index is 577. The third kappa shape index (κ3) is 2.17. The summed E-state index contributed by atoms with van der Waals surface area (Å²) in [7, 11) is 1.35. The van der Waals surface area contributed by atoms with Crippen molar-refractivity contribution in [1.29, 1.82) is 0 Å². The number of pyridine rings is 1. The molecule has 0 atom stereocenters. The molecule has 0 saturated carbocycles. The minimum Gasteiger partial charge on any atom is -0.465 e. The van der Waals surface area contributed by atoms with Crippen molar-refractivity contribution in [3.8, 4) is 0 Å². The average Bonchev–Trinajstić information content (AvgIpc) is 2.72. The van der Waals surface area contributed by atoms with E-state index in [9.17, 15) is 4.79 Å². The summed E-state index contributed by atoms with van der Waals surface area (Å²) in [5, 5.41) is 4.32. The summed E-state index contributed by atoms with van der Waals surface area (Å²) in [5.74, 6) is 0.588. The Morgan fingerprint density at radius 1 is 1.53 bits per heavy atom. The predicted octanol–water partition coefficient (Wildman–Crippen LogP) is 2.40. The lowest BCUT2D eigenvalue weighted by atomic mass is 10.2. The fourth-order valence-electron chi connectivity index (χ4n) is 1.44. The number of carbonyl (C=O) groups is 1. The molecule has 0 amide bonds. The number of aromatic nitrogens is 3. The Morgan fingerprint density at radius 3 is 2.82 bits per heavy atom. The SMILES string of the molecule is COC(=O)c1cc(Br)c2nc(C(C)C)nn2c1. The number of hydrogen-bond acceptors (Lipinski definition) is 4. The van der Waals surface area contributed by atoms with Crippen LogP contribution in [-0.4, -0.2) is 27.7 Å². The molecule has 0 bridgehead atoms. The van der Waals surface area contributed by atoms with E-state index in [2.05, 4.69) is 30.7 Å². The summed E-state index contributed by atoms with van der Waals surface area (Å²) in [6, 6.07) is 1.68. The van der Waals surface area contributed by atoms with Gasteiger partial charge < -0.3 is 4.74 Å². The van der Waals surface area contributed by atoms with Crippen molar-refractivity contribution in [1.82, 2.24) is 14.6 Å². The summed E-state index contributed by atoms with van der Waals surface area (Å²) in [4.78, 5) is 15.8. The second kappa shape index (κ2) is 4.44. The number of hydrogen-bond donors (Lipinski definition) is 0. The molecule has 0 aliphatic carbocycles. The Labute approximate surface area is 107 Å². The molecule has 6 heteroatoms. The van der Waals surface area contributed by atoms with Gasteiger partial charge in [-0.05, 0) is 22.0 Å². The van der Waals surface area contributed by atoms with Crippen molar-refractivity contribution in [3.63, 3.8) is 0 Å². The fraction of sp³-hybridized carbons (Fsp3) is 0.364. The molecule has 0 unspecified atom stereocenters. The van der Waals surface area contributed by atoms with Crippen molar-refractivity contribution in [3.05, 3.63) is 28.1 Å². The van der Waals surface area contributed by atoms with Crippen LogP contribution in [0.4, 0.5) is 0 Å². The fourth-order valence-corrected chi connectivity index (χ4v) is 1.95. The number of carbonyl (C=O) groups excluding carboxylic acids is 1. The molecule has 5 nitrogen and oxygen atoms in total. The largest absolute Gasteiger partial charge is 0.465 e. The monoisotopic (exact) mass is 297 g/mol. The van der Waals surface area contributed by atoms with Crippen LogP contribution in [0.3, 0.4) is 0 Å². The van der Waals surface area contributed by atoms with Gasteiger partial charge in [0.05, 0.1) is 17.1 Å². The maximum absolute atomic E-state index is 11.4. The molecule has 0 aliphatic rings. The zero-order valence-corrected chi connectivity index (χ0v) is 11.4. The highest BCUT2D eigenvalue weighted by atomic mass is 79.9. The van der Waals surface area contributed by atoms with Gasteiger partial charge in [0.2, 0.25) is 0 Å². The minimum absolute atomic E-state index is 0.239.